The second-order valence-corrected chi connectivity index (χ2v) is 13.6. The quantitative estimate of drug-likeness (QED) is 0.106. The molecule has 1 heteroatoms. The van der Waals surface area contributed by atoms with Gasteiger partial charge in [0.05, 0.1) is 0 Å². The second kappa shape index (κ2) is 22.4. The van der Waals surface area contributed by atoms with Crippen LogP contribution in [0.2, 0.25) is 0 Å². The SMILES string of the molecule is CCCCCCCCCCCCC(C)(C)N(/C=C/c1ccccc1)C(C)(C)CCCCCCCCCCCC. The highest BCUT2D eigenvalue weighted by molar-refractivity contribution is 5.48. The lowest BCUT2D eigenvalue weighted by Gasteiger charge is -2.49. The molecule has 0 atom stereocenters. The molecule has 39 heavy (non-hydrogen) atoms. The van der Waals surface area contributed by atoms with Crippen molar-refractivity contribution in [3.8, 4) is 0 Å². The maximum absolute atomic E-state index is 2.72. The average molecular weight is 540 g/mol. The van der Waals surface area contributed by atoms with Gasteiger partial charge >= 0.3 is 0 Å². The third-order valence-electron chi connectivity index (χ3n) is 8.80. The highest BCUT2D eigenvalue weighted by Crippen LogP contribution is 2.34. The predicted octanol–water partition coefficient (Wildman–Crippen LogP) is 13.1. The van der Waals surface area contributed by atoms with E-state index in [1.54, 1.807) is 0 Å². The normalized spacial score (nSPS) is 12.5. The summed E-state index contributed by atoms with van der Waals surface area (Å²) >= 11 is 0. The van der Waals surface area contributed by atoms with Crippen molar-refractivity contribution in [1.29, 1.82) is 0 Å². The Labute approximate surface area is 246 Å². The van der Waals surface area contributed by atoms with Crippen molar-refractivity contribution in [3.05, 3.63) is 42.1 Å². The molecule has 0 radical (unpaired) electrons. The topological polar surface area (TPSA) is 3.24 Å². The molecule has 1 rings (SSSR count). The van der Waals surface area contributed by atoms with Gasteiger partial charge in [0.2, 0.25) is 0 Å². The number of unbranched alkanes of at least 4 members (excludes halogenated alkanes) is 18. The first-order valence-electron chi connectivity index (χ1n) is 17.4. The van der Waals surface area contributed by atoms with Crippen molar-refractivity contribution < 1.29 is 0 Å². The van der Waals surface area contributed by atoms with Crippen LogP contribution in [-0.4, -0.2) is 16.0 Å². The maximum Gasteiger partial charge on any atom is 0.0346 e. The number of benzene rings is 1. The fourth-order valence-corrected chi connectivity index (χ4v) is 6.28. The van der Waals surface area contributed by atoms with Crippen LogP contribution in [0.4, 0.5) is 0 Å². The molecule has 1 nitrogen and oxygen atoms in total. The van der Waals surface area contributed by atoms with Crippen molar-refractivity contribution in [3.63, 3.8) is 0 Å². The van der Waals surface area contributed by atoms with E-state index >= 15 is 0 Å². The molecular weight excluding hydrogens is 470 g/mol. The Balaban J connectivity index is 2.53. The van der Waals surface area contributed by atoms with E-state index in [0.29, 0.717) is 0 Å². The first-order chi connectivity index (χ1) is 18.8. The molecule has 0 N–H and O–H groups in total. The molecule has 0 saturated carbocycles. The second-order valence-electron chi connectivity index (χ2n) is 13.6. The fraction of sp³-hybridized carbons (Fsp3) is 0.789. The molecular formula is C38H69N. The van der Waals surface area contributed by atoms with Gasteiger partial charge in [-0.15, -0.1) is 0 Å². The van der Waals surface area contributed by atoms with Crippen LogP contribution in [-0.2, 0) is 0 Å². The monoisotopic (exact) mass is 540 g/mol. The molecule has 0 aliphatic heterocycles. The van der Waals surface area contributed by atoms with Gasteiger partial charge in [-0.1, -0.05) is 173 Å². The van der Waals surface area contributed by atoms with Gasteiger partial charge in [-0.25, -0.2) is 0 Å². The van der Waals surface area contributed by atoms with E-state index in [2.05, 4.69) is 89.1 Å². The third-order valence-corrected chi connectivity index (χ3v) is 8.80. The lowest BCUT2D eigenvalue weighted by molar-refractivity contribution is 0.0540. The summed E-state index contributed by atoms with van der Waals surface area (Å²) in [4.78, 5) is 2.72. The van der Waals surface area contributed by atoms with E-state index in [1.165, 1.54) is 147 Å². The molecule has 0 saturated heterocycles. The summed E-state index contributed by atoms with van der Waals surface area (Å²) in [5.41, 5.74) is 1.62. The zero-order valence-electron chi connectivity index (χ0n) is 27.5. The van der Waals surface area contributed by atoms with Crippen LogP contribution in [0.5, 0.6) is 0 Å². The van der Waals surface area contributed by atoms with Gasteiger partial charge in [0.15, 0.2) is 0 Å². The van der Waals surface area contributed by atoms with E-state index in [-0.39, 0.29) is 11.1 Å². The van der Waals surface area contributed by atoms with Gasteiger partial charge in [0.1, 0.15) is 0 Å². The van der Waals surface area contributed by atoms with Crippen LogP contribution in [0.3, 0.4) is 0 Å². The molecule has 0 fully saturated rings. The molecule has 226 valence electrons. The van der Waals surface area contributed by atoms with Crippen molar-refractivity contribution in [1.82, 2.24) is 4.90 Å². The first-order valence-corrected chi connectivity index (χ1v) is 17.4. The van der Waals surface area contributed by atoms with Gasteiger partial charge < -0.3 is 4.90 Å². The highest BCUT2D eigenvalue weighted by Gasteiger charge is 2.34. The molecule has 1 aromatic carbocycles. The lowest BCUT2D eigenvalue weighted by Crippen LogP contribution is -2.52. The smallest absolute Gasteiger partial charge is 0.0346 e. The first kappa shape index (κ1) is 35.8. The zero-order chi connectivity index (χ0) is 28.7. The van der Waals surface area contributed by atoms with Gasteiger partial charge in [-0.2, -0.15) is 0 Å². The Hall–Kier alpha value is -1.24. The van der Waals surface area contributed by atoms with Crippen molar-refractivity contribution in [2.75, 3.05) is 0 Å². The van der Waals surface area contributed by atoms with Gasteiger partial charge in [-0.3, -0.25) is 0 Å². The molecule has 0 heterocycles. The molecule has 1 aromatic rings. The largest absolute Gasteiger partial charge is 0.367 e. The molecule has 0 aliphatic rings. The Morgan fingerprint density at radius 3 is 1.18 bits per heavy atom. The van der Waals surface area contributed by atoms with Crippen LogP contribution in [0.1, 0.15) is 188 Å². The molecule has 0 unspecified atom stereocenters. The van der Waals surface area contributed by atoms with E-state index in [9.17, 15) is 0 Å². The summed E-state index contributed by atoms with van der Waals surface area (Å²) in [6.45, 7) is 14.5. The minimum atomic E-state index is 0.160. The van der Waals surface area contributed by atoms with E-state index in [0.717, 1.165) is 0 Å². The average Bonchev–Trinajstić information content (AvgIpc) is 2.91. The summed E-state index contributed by atoms with van der Waals surface area (Å²) in [7, 11) is 0. The minimum absolute atomic E-state index is 0.160. The summed E-state index contributed by atoms with van der Waals surface area (Å²) in [5, 5.41) is 0. The molecule has 0 bridgehead atoms. The van der Waals surface area contributed by atoms with Crippen LogP contribution >= 0.6 is 0 Å². The van der Waals surface area contributed by atoms with Crippen molar-refractivity contribution in [2.45, 2.75) is 194 Å². The Morgan fingerprint density at radius 2 is 0.821 bits per heavy atom. The van der Waals surface area contributed by atoms with Gasteiger partial charge in [0.25, 0.3) is 0 Å². The van der Waals surface area contributed by atoms with E-state index < -0.39 is 0 Å². The predicted molar refractivity (Wildman–Crippen MR) is 178 cm³/mol. The standard InChI is InChI=1S/C38H69N/c1-7-9-11-13-15-17-19-21-23-28-33-37(3,4)39(35-32-36-30-26-25-27-31-36)38(5,6)34-29-24-22-20-18-16-14-12-10-8-2/h25-27,30-32,35H,7-24,28-29,33-34H2,1-6H3/b35-32+. The highest BCUT2D eigenvalue weighted by atomic mass is 15.2. The van der Waals surface area contributed by atoms with Crippen molar-refractivity contribution >= 4 is 6.08 Å². The molecule has 0 aromatic heterocycles. The van der Waals surface area contributed by atoms with Gasteiger partial charge in [-0.05, 0) is 52.2 Å². The number of hydrogen-bond acceptors (Lipinski definition) is 1. The third kappa shape index (κ3) is 17.9. The van der Waals surface area contributed by atoms with Crippen molar-refractivity contribution in [2.24, 2.45) is 0 Å². The van der Waals surface area contributed by atoms with Crippen LogP contribution in [0.15, 0.2) is 36.5 Å². The fourth-order valence-electron chi connectivity index (χ4n) is 6.28. The minimum Gasteiger partial charge on any atom is -0.367 e. The lowest BCUT2D eigenvalue weighted by atomic mass is 9.86. The Kier molecular flexibility index (Phi) is 20.6. The van der Waals surface area contributed by atoms with Crippen LogP contribution in [0.25, 0.3) is 6.08 Å². The Bertz CT molecular complexity index is 650. The molecule has 0 aliphatic carbocycles. The summed E-state index contributed by atoms with van der Waals surface area (Å²) < 4.78 is 0. The van der Waals surface area contributed by atoms with Crippen LogP contribution in [0, 0.1) is 0 Å². The number of nitrogens with zero attached hydrogens (tertiary/aromatic N) is 1. The molecule has 0 spiro atoms. The maximum atomic E-state index is 2.72. The summed E-state index contributed by atoms with van der Waals surface area (Å²) in [5.74, 6) is 0. The molecule has 0 amide bonds. The summed E-state index contributed by atoms with van der Waals surface area (Å²) in [6.07, 6.45) is 35.4. The number of rotatable bonds is 26. The zero-order valence-corrected chi connectivity index (χ0v) is 27.5. The van der Waals surface area contributed by atoms with E-state index in [1.807, 2.05) is 0 Å². The number of hydrogen-bond donors (Lipinski definition) is 0. The van der Waals surface area contributed by atoms with Crippen LogP contribution < -0.4 is 0 Å². The van der Waals surface area contributed by atoms with Gasteiger partial charge in [0, 0.05) is 17.3 Å². The van der Waals surface area contributed by atoms with E-state index in [4.69, 9.17) is 0 Å². The Morgan fingerprint density at radius 1 is 0.487 bits per heavy atom. The summed E-state index contributed by atoms with van der Waals surface area (Å²) in [6, 6.07) is 10.8.